The predicted octanol–water partition coefficient (Wildman–Crippen LogP) is 19.0. The van der Waals surface area contributed by atoms with E-state index in [2.05, 4.69) is 148 Å². The third kappa shape index (κ3) is 66.7. The van der Waals surface area contributed by atoms with Gasteiger partial charge >= 0.3 is 33.6 Å². The highest BCUT2D eigenvalue weighted by Gasteiger charge is 2.29. The highest BCUT2D eigenvalue weighted by Crippen LogP contribution is 2.45. The largest absolute Gasteiger partial charge is 0.472 e. The number of unbranched alkanes of at least 4 members (excludes halogenated alkanes) is 16. The molecule has 5 atom stereocenters. The Morgan fingerprint density at radius 1 is 0.319 bits per heavy atom. The lowest BCUT2D eigenvalue weighted by atomic mass is 10.1. The molecular weight excluding hydrogens is 1190 g/mol. The first kappa shape index (κ1) is 86.4. The number of aliphatic hydroxyl groups is 2. The van der Waals surface area contributed by atoms with Gasteiger partial charge < -0.3 is 34.2 Å². The Morgan fingerprint density at radius 2 is 0.604 bits per heavy atom. The van der Waals surface area contributed by atoms with Crippen LogP contribution in [0.15, 0.2) is 146 Å². The summed E-state index contributed by atoms with van der Waals surface area (Å²) in [6.45, 7) is 2.28. The van der Waals surface area contributed by atoms with Crippen LogP contribution in [0.2, 0.25) is 0 Å². The zero-order valence-corrected chi connectivity index (χ0v) is 57.7. The fourth-order valence-corrected chi connectivity index (χ4v) is 9.97. The number of hydrogen-bond acceptors (Lipinski definition) is 14. The SMILES string of the molecule is CC/C=C\C/C=C\C/C=C\C/C=C\C/C=C\C/C=C\CCC(=O)OCC(O)COP(=O)(O)OCC(O)COP(=O)(O)OCC(COC(=O)CCCCCCCC/C=C\C/C=C\C/C=C\CCCCC)OC(=O)CCCCCCCCC/C=C\C/C=C\C/C=C\CC. The van der Waals surface area contributed by atoms with Crippen molar-refractivity contribution in [2.24, 2.45) is 0 Å². The summed E-state index contributed by atoms with van der Waals surface area (Å²) in [5, 5.41) is 20.5. The first-order valence-corrected chi connectivity index (χ1v) is 37.1. The van der Waals surface area contributed by atoms with E-state index < -0.39 is 91.5 Å². The van der Waals surface area contributed by atoms with Gasteiger partial charge in [0, 0.05) is 19.3 Å². The van der Waals surface area contributed by atoms with Crippen LogP contribution in [0.25, 0.3) is 0 Å². The lowest BCUT2D eigenvalue weighted by Crippen LogP contribution is -2.30. The van der Waals surface area contributed by atoms with Crippen LogP contribution >= 0.6 is 15.6 Å². The number of allylic oxidation sites excluding steroid dienone is 24. The van der Waals surface area contributed by atoms with Gasteiger partial charge in [0.15, 0.2) is 6.10 Å². The maximum absolute atomic E-state index is 12.9. The summed E-state index contributed by atoms with van der Waals surface area (Å²) >= 11 is 0. The smallest absolute Gasteiger partial charge is 0.463 e. The van der Waals surface area contributed by atoms with E-state index in [1.54, 1.807) is 0 Å². The van der Waals surface area contributed by atoms with Gasteiger partial charge in [0.05, 0.1) is 26.4 Å². The summed E-state index contributed by atoms with van der Waals surface area (Å²) < 4.78 is 60.8. The molecule has 0 amide bonds. The Balaban J connectivity index is 4.80. The molecule has 5 unspecified atom stereocenters. The number of ether oxygens (including phenoxy) is 3. The van der Waals surface area contributed by atoms with E-state index in [0.29, 0.717) is 25.7 Å². The van der Waals surface area contributed by atoms with E-state index in [9.17, 15) is 43.5 Å². The minimum Gasteiger partial charge on any atom is -0.463 e. The maximum atomic E-state index is 12.9. The van der Waals surface area contributed by atoms with Crippen molar-refractivity contribution in [3.8, 4) is 0 Å². The molecule has 16 nitrogen and oxygen atoms in total. The van der Waals surface area contributed by atoms with Crippen molar-refractivity contribution < 1.29 is 75.8 Å². The van der Waals surface area contributed by atoms with Crippen molar-refractivity contribution in [1.29, 1.82) is 0 Å². The van der Waals surface area contributed by atoms with Gasteiger partial charge in [-0.25, -0.2) is 9.13 Å². The summed E-state index contributed by atoms with van der Waals surface area (Å²) in [5.74, 6) is -1.69. The van der Waals surface area contributed by atoms with E-state index in [-0.39, 0.29) is 19.3 Å². The van der Waals surface area contributed by atoms with Crippen molar-refractivity contribution in [3.05, 3.63) is 146 Å². The number of aliphatic hydroxyl groups excluding tert-OH is 2. The third-order valence-electron chi connectivity index (χ3n) is 13.5. The number of esters is 3. The topological polar surface area (TPSA) is 231 Å². The molecule has 91 heavy (non-hydrogen) atoms. The summed E-state index contributed by atoms with van der Waals surface area (Å²) in [5.41, 5.74) is 0. The summed E-state index contributed by atoms with van der Waals surface area (Å²) in [6, 6.07) is 0. The quantitative estimate of drug-likeness (QED) is 0.0146. The number of phosphoric ester groups is 2. The predicted molar refractivity (Wildman–Crippen MR) is 371 cm³/mol. The Labute approximate surface area is 549 Å². The van der Waals surface area contributed by atoms with Gasteiger partial charge in [0.1, 0.15) is 25.4 Å². The molecule has 0 saturated heterocycles. The standard InChI is InChI=1S/C73H120O16P2/c1-4-7-10-13-16-19-22-25-28-31-33-36-38-41-44-47-50-53-56-59-71(76)83-62-68(74)63-85-90(79,80)86-64-69(75)65-87-91(81,82)88-67-70(89-73(78)61-58-55-52-49-46-43-40-35-30-27-24-21-18-15-12-9-6-3)66-84-72(77)60-57-54-51-48-45-42-39-37-34-32-29-26-23-20-17-14-11-8-5-2/h7,9-10,12,16-21,25-30,33-34,36-37,41,44,50,53,68-70,74-75H,4-6,8,11,13-15,22-24,31-32,35,38-40,42-43,45-49,51-52,54-67H2,1-3H3,(H,79,80)(H,81,82)/b10-7-,12-9-,19-16-,20-17-,21-18-,28-25-,29-26-,30-27-,36-33-,37-34-,44-41-,53-50-. The number of rotatable bonds is 63. The lowest BCUT2D eigenvalue weighted by Gasteiger charge is -2.21. The minimum absolute atomic E-state index is 0.0557. The van der Waals surface area contributed by atoms with Crippen LogP contribution in [0.5, 0.6) is 0 Å². The Bertz CT molecular complexity index is 2240. The van der Waals surface area contributed by atoms with Gasteiger partial charge in [-0.15, -0.1) is 0 Å². The molecule has 0 aromatic carbocycles. The van der Waals surface area contributed by atoms with Gasteiger partial charge in [-0.3, -0.25) is 32.5 Å². The van der Waals surface area contributed by atoms with Gasteiger partial charge in [-0.05, 0) is 128 Å². The summed E-state index contributed by atoms with van der Waals surface area (Å²) in [4.78, 5) is 58.4. The second-order valence-corrected chi connectivity index (χ2v) is 25.1. The van der Waals surface area contributed by atoms with E-state index in [0.717, 1.165) is 154 Å². The van der Waals surface area contributed by atoms with Crippen LogP contribution in [0.1, 0.15) is 239 Å². The zero-order valence-electron chi connectivity index (χ0n) is 56.0. The van der Waals surface area contributed by atoms with Crippen LogP contribution < -0.4 is 0 Å². The van der Waals surface area contributed by atoms with Crippen molar-refractivity contribution in [1.82, 2.24) is 0 Å². The molecule has 0 saturated carbocycles. The van der Waals surface area contributed by atoms with Gasteiger partial charge in [-0.1, -0.05) is 237 Å². The molecule has 0 aliphatic rings. The maximum Gasteiger partial charge on any atom is 0.472 e. The molecule has 0 aliphatic carbocycles. The van der Waals surface area contributed by atoms with Crippen molar-refractivity contribution in [2.45, 2.75) is 257 Å². The van der Waals surface area contributed by atoms with Gasteiger partial charge in [0.25, 0.3) is 0 Å². The third-order valence-corrected chi connectivity index (χ3v) is 15.4. The number of hydrogen-bond donors (Lipinski definition) is 4. The molecule has 18 heteroatoms. The van der Waals surface area contributed by atoms with Crippen LogP contribution in [0, 0.1) is 0 Å². The number of carbonyl (C=O) groups is 3. The van der Waals surface area contributed by atoms with Crippen molar-refractivity contribution >= 4 is 33.6 Å². The first-order chi connectivity index (χ1) is 44.2. The van der Waals surface area contributed by atoms with Gasteiger partial charge in [-0.2, -0.15) is 0 Å². The average molecular weight is 1320 g/mol. The first-order valence-electron chi connectivity index (χ1n) is 34.1. The van der Waals surface area contributed by atoms with Crippen LogP contribution in [-0.2, 0) is 55.8 Å². The van der Waals surface area contributed by atoms with E-state index >= 15 is 0 Å². The molecule has 0 fully saturated rings. The second kappa shape index (κ2) is 65.5. The molecule has 0 aliphatic heterocycles. The monoisotopic (exact) mass is 1310 g/mol. The summed E-state index contributed by atoms with van der Waals surface area (Å²) in [7, 11) is -9.81. The molecule has 0 spiro atoms. The highest BCUT2D eigenvalue weighted by atomic mass is 31.2. The Hall–Kier alpha value is -4.57. The van der Waals surface area contributed by atoms with E-state index in [4.69, 9.17) is 32.3 Å². The molecule has 518 valence electrons. The molecule has 0 rings (SSSR count). The van der Waals surface area contributed by atoms with Crippen molar-refractivity contribution in [3.63, 3.8) is 0 Å². The Morgan fingerprint density at radius 3 is 0.989 bits per heavy atom. The molecule has 4 N–H and O–H groups in total. The average Bonchev–Trinajstić information content (AvgIpc) is 3.02. The number of phosphoric acid groups is 2. The molecule has 0 aromatic heterocycles. The lowest BCUT2D eigenvalue weighted by molar-refractivity contribution is -0.161. The molecular formula is C73H120O16P2. The van der Waals surface area contributed by atoms with E-state index in [1.165, 1.54) is 19.3 Å². The van der Waals surface area contributed by atoms with Gasteiger partial charge in [0.2, 0.25) is 0 Å². The summed E-state index contributed by atoms with van der Waals surface area (Å²) in [6.07, 6.45) is 77.6. The fourth-order valence-electron chi connectivity index (χ4n) is 8.38. The van der Waals surface area contributed by atoms with Crippen LogP contribution in [-0.4, -0.2) is 95.9 Å². The minimum atomic E-state index is -4.94. The van der Waals surface area contributed by atoms with Crippen LogP contribution in [0.4, 0.5) is 0 Å². The number of carbonyl (C=O) groups excluding carboxylic acids is 3. The molecule has 0 bridgehead atoms. The molecule has 0 heterocycles. The second-order valence-electron chi connectivity index (χ2n) is 22.2. The Kier molecular flexibility index (Phi) is 62.2. The zero-order chi connectivity index (χ0) is 66.7. The highest BCUT2D eigenvalue weighted by molar-refractivity contribution is 7.47. The normalized spacial score (nSPS) is 15.1. The molecule has 0 radical (unpaired) electrons. The van der Waals surface area contributed by atoms with Crippen molar-refractivity contribution in [2.75, 3.05) is 39.6 Å². The fraction of sp³-hybridized carbons (Fsp3) is 0.630. The van der Waals surface area contributed by atoms with Crippen LogP contribution in [0.3, 0.4) is 0 Å². The van der Waals surface area contributed by atoms with E-state index in [1.807, 2.05) is 18.2 Å². The molecule has 0 aromatic rings.